The third kappa shape index (κ3) is 5.68. The lowest BCUT2D eigenvalue weighted by Gasteiger charge is -2.15. The van der Waals surface area contributed by atoms with Crippen LogP contribution >= 0.6 is 0 Å². The van der Waals surface area contributed by atoms with Crippen LogP contribution in [0.15, 0.2) is 18.3 Å². The molecule has 0 saturated carbocycles. The van der Waals surface area contributed by atoms with E-state index in [4.69, 9.17) is 4.74 Å². The lowest BCUT2D eigenvalue weighted by molar-refractivity contribution is 0.0396. The van der Waals surface area contributed by atoms with Crippen LogP contribution in [0.5, 0.6) is 0 Å². The van der Waals surface area contributed by atoms with Crippen LogP contribution in [-0.4, -0.2) is 17.6 Å². The summed E-state index contributed by atoms with van der Waals surface area (Å²) in [7, 11) is 0. The fourth-order valence-corrected chi connectivity index (χ4v) is 1.77. The van der Waals surface area contributed by atoms with Gasteiger partial charge in [-0.25, -0.2) is 4.98 Å². The largest absolute Gasteiger partial charge is 0.374 e. The van der Waals surface area contributed by atoms with Crippen LogP contribution < -0.4 is 5.32 Å². The Morgan fingerprint density at radius 2 is 2.06 bits per heavy atom. The molecule has 0 spiro atoms. The molecule has 17 heavy (non-hydrogen) atoms. The summed E-state index contributed by atoms with van der Waals surface area (Å²) >= 11 is 0. The molecule has 3 heteroatoms. The van der Waals surface area contributed by atoms with E-state index in [2.05, 4.69) is 44.1 Å². The first-order chi connectivity index (χ1) is 8.11. The van der Waals surface area contributed by atoms with Gasteiger partial charge in [0, 0.05) is 12.7 Å². The molecule has 0 saturated heterocycles. The molecule has 0 fully saturated rings. The number of nitrogens with one attached hydrogen (secondary N) is 1. The molecule has 3 nitrogen and oxygen atoms in total. The minimum Gasteiger partial charge on any atom is -0.374 e. The van der Waals surface area contributed by atoms with Gasteiger partial charge in [0.25, 0.3) is 0 Å². The number of rotatable bonds is 7. The quantitative estimate of drug-likeness (QED) is 0.787. The Kier molecular flexibility index (Phi) is 5.98. The van der Waals surface area contributed by atoms with E-state index < -0.39 is 0 Å². The first-order valence-electron chi connectivity index (χ1n) is 6.42. The molecule has 1 aromatic heterocycles. The predicted molar refractivity (Wildman–Crippen MR) is 72.1 cm³/mol. The summed E-state index contributed by atoms with van der Waals surface area (Å²) in [6.07, 6.45) is 3.28. The molecule has 96 valence electrons. The summed E-state index contributed by atoms with van der Waals surface area (Å²) in [4.78, 5) is 4.32. The van der Waals surface area contributed by atoms with E-state index in [0.717, 1.165) is 24.3 Å². The van der Waals surface area contributed by atoms with Crippen molar-refractivity contribution in [2.75, 3.05) is 11.9 Å². The maximum Gasteiger partial charge on any atom is 0.125 e. The Morgan fingerprint density at radius 1 is 1.29 bits per heavy atom. The summed E-state index contributed by atoms with van der Waals surface area (Å²) < 4.78 is 5.78. The van der Waals surface area contributed by atoms with E-state index in [-0.39, 0.29) is 0 Å². The van der Waals surface area contributed by atoms with Crippen LogP contribution in [0.3, 0.4) is 0 Å². The van der Waals surface area contributed by atoms with Gasteiger partial charge in [-0.15, -0.1) is 0 Å². The molecule has 0 amide bonds. The summed E-state index contributed by atoms with van der Waals surface area (Å²) in [6, 6.07) is 4.06. The van der Waals surface area contributed by atoms with Crippen molar-refractivity contribution < 1.29 is 4.74 Å². The Bertz CT molecular complexity index is 309. The number of ether oxygens (including phenoxy) is 1. The zero-order valence-corrected chi connectivity index (χ0v) is 11.4. The normalized spacial score (nSPS) is 12.8. The maximum atomic E-state index is 5.78. The molecule has 0 aliphatic carbocycles. The van der Waals surface area contributed by atoms with E-state index in [1.165, 1.54) is 0 Å². The summed E-state index contributed by atoms with van der Waals surface area (Å²) in [5.41, 5.74) is 1.13. The van der Waals surface area contributed by atoms with Crippen molar-refractivity contribution in [3.63, 3.8) is 0 Å². The zero-order chi connectivity index (χ0) is 12.7. The molecule has 1 aromatic rings. The molecule has 0 radical (unpaired) electrons. The highest BCUT2D eigenvalue weighted by Gasteiger charge is 2.05. The zero-order valence-electron chi connectivity index (χ0n) is 11.4. The number of pyridine rings is 1. The van der Waals surface area contributed by atoms with Crippen LogP contribution in [0.1, 0.15) is 39.7 Å². The number of anilines is 1. The average Bonchev–Trinajstić information content (AvgIpc) is 2.28. The van der Waals surface area contributed by atoms with E-state index in [9.17, 15) is 0 Å². The number of hydrogen-bond acceptors (Lipinski definition) is 3. The standard InChI is InChI=1S/C14H24N2O/c1-5-15-14-7-6-13(9-16-14)10-17-12(4)8-11(2)3/h6-7,9,11-12H,5,8,10H2,1-4H3,(H,15,16). The van der Waals surface area contributed by atoms with Gasteiger partial charge < -0.3 is 10.1 Å². The molecule has 1 rings (SSSR count). The summed E-state index contributed by atoms with van der Waals surface area (Å²) in [6.45, 7) is 10.2. The van der Waals surface area contributed by atoms with Crippen LogP contribution in [0.25, 0.3) is 0 Å². The number of aromatic nitrogens is 1. The van der Waals surface area contributed by atoms with Crippen molar-refractivity contribution in [1.82, 2.24) is 4.98 Å². The highest BCUT2D eigenvalue weighted by Crippen LogP contribution is 2.11. The van der Waals surface area contributed by atoms with Crippen molar-refractivity contribution in [1.29, 1.82) is 0 Å². The van der Waals surface area contributed by atoms with Crippen molar-refractivity contribution >= 4 is 5.82 Å². The Morgan fingerprint density at radius 3 is 2.59 bits per heavy atom. The summed E-state index contributed by atoms with van der Waals surface area (Å²) in [5.74, 6) is 1.60. The van der Waals surface area contributed by atoms with Gasteiger partial charge in [-0.2, -0.15) is 0 Å². The molecule has 1 unspecified atom stereocenters. The molecule has 0 aliphatic heterocycles. The van der Waals surface area contributed by atoms with E-state index in [1.54, 1.807) is 0 Å². The van der Waals surface area contributed by atoms with Crippen LogP contribution in [0.2, 0.25) is 0 Å². The third-order valence-corrected chi connectivity index (χ3v) is 2.52. The van der Waals surface area contributed by atoms with Gasteiger partial charge in [-0.05, 0) is 37.8 Å². The minimum atomic E-state index is 0.309. The lowest BCUT2D eigenvalue weighted by Crippen LogP contribution is -2.11. The number of hydrogen-bond donors (Lipinski definition) is 1. The summed E-state index contributed by atoms with van der Waals surface area (Å²) in [5, 5.41) is 3.17. The highest BCUT2D eigenvalue weighted by molar-refractivity contribution is 5.34. The van der Waals surface area contributed by atoms with Crippen molar-refractivity contribution in [3.8, 4) is 0 Å². The lowest BCUT2D eigenvalue weighted by atomic mass is 10.1. The second kappa shape index (κ2) is 7.28. The first kappa shape index (κ1) is 14.0. The Balaban J connectivity index is 2.36. The predicted octanol–water partition coefficient (Wildman–Crippen LogP) is 3.46. The topological polar surface area (TPSA) is 34.1 Å². The van der Waals surface area contributed by atoms with Gasteiger partial charge in [0.15, 0.2) is 0 Å². The monoisotopic (exact) mass is 236 g/mol. The molecule has 1 heterocycles. The molecular formula is C14H24N2O. The fourth-order valence-electron chi connectivity index (χ4n) is 1.77. The Hall–Kier alpha value is -1.09. The van der Waals surface area contributed by atoms with Crippen molar-refractivity contribution in [2.45, 2.75) is 46.8 Å². The van der Waals surface area contributed by atoms with E-state index in [0.29, 0.717) is 18.6 Å². The maximum absolute atomic E-state index is 5.78. The van der Waals surface area contributed by atoms with Gasteiger partial charge in [0.1, 0.15) is 5.82 Å². The van der Waals surface area contributed by atoms with E-state index in [1.807, 2.05) is 12.3 Å². The second-order valence-corrected chi connectivity index (χ2v) is 4.83. The molecule has 1 N–H and O–H groups in total. The smallest absolute Gasteiger partial charge is 0.125 e. The van der Waals surface area contributed by atoms with Gasteiger partial charge in [-0.1, -0.05) is 19.9 Å². The van der Waals surface area contributed by atoms with Crippen LogP contribution in [0, 0.1) is 5.92 Å². The molecule has 0 aromatic carbocycles. The highest BCUT2D eigenvalue weighted by atomic mass is 16.5. The minimum absolute atomic E-state index is 0.309. The fraction of sp³-hybridized carbons (Fsp3) is 0.643. The van der Waals surface area contributed by atoms with Gasteiger partial charge in [0.05, 0.1) is 12.7 Å². The molecular weight excluding hydrogens is 212 g/mol. The average molecular weight is 236 g/mol. The SMILES string of the molecule is CCNc1ccc(COC(C)CC(C)C)cn1. The first-order valence-corrected chi connectivity index (χ1v) is 6.42. The van der Waals surface area contributed by atoms with Gasteiger partial charge in [0.2, 0.25) is 0 Å². The van der Waals surface area contributed by atoms with Crippen molar-refractivity contribution in [2.24, 2.45) is 5.92 Å². The second-order valence-electron chi connectivity index (χ2n) is 4.83. The number of nitrogens with zero attached hydrogens (tertiary/aromatic N) is 1. The van der Waals surface area contributed by atoms with E-state index >= 15 is 0 Å². The van der Waals surface area contributed by atoms with Crippen LogP contribution in [0.4, 0.5) is 5.82 Å². The molecule has 0 bridgehead atoms. The van der Waals surface area contributed by atoms with Gasteiger partial charge in [-0.3, -0.25) is 0 Å². The molecule has 1 atom stereocenters. The van der Waals surface area contributed by atoms with Crippen LogP contribution in [-0.2, 0) is 11.3 Å². The Labute approximate surface area is 105 Å². The molecule has 0 aliphatic rings. The third-order valence-electron chi connectivity index (χ3n) is 2.52. The van der Waals surface area contributed by atoms with Gasteiger partial charge >= 0.3 is 0 Å². The van der Waals surface area contributed by atoms with Crippen molar-refractivity contribution in [3.05, 3.63) is 23.9 Å².